The van der Waals surface area contributed by atoms with Gasteiger partial charge in [-0.1, -0.05) is 25.3 Å². The van der Waals surface area contributed by atoms with E-state index in [4.69, 9.17) is 0 Å². The minimum absolute atomic E-state index is 0.0548. The maximum atomic E-state index is 12.9. The van der Waals surface area contributed by atoms with Gasteiger partial charge in [0, 0.05) is 45.5 Å². The van der Waals surface area contributed by atoms with Crippen LogP contribution in [-0.2, 0) is 16.6 Å². The Labute approximate surface area is 179 Å². The topological polar surface area (TPSA) is 82.6 Å². The molecule has 1 N–H and O–H groups in total. The molecule has 7 nitrogen and oxygen atoms in total. The molecule has 1 amide bonds. The lowest BCUT2D eigenvalue weighted by atomic mass is 9.96. The number of anilines is 1. The molecule has 1 aliphatic rings. The second kappa shape index (κ2) is 9.57. The zero-order chi connectivity index (χ0) is 21.7. The quantitative estimate of drug-likeness (QED) is 0.730. The van der Waals surface area contributed by atoms with Crippen molar-refractivity contribution in [2.45, 2.75) is 49.6 Å². The van der Waals surface area contributed by atoms with E-state index in [1.807, 2.05) is 31.1 Å². The van der Waals surface area contributed by atoms with Gasteiger partial charge in [-0.05, 0) is 48.7 Å². The lowest BCUT2D eigenvalue weighted by Crippen LogP contribution is -2.38. The number of pyridine rings is 1. The van der Waals surface area contributed by atoms with Crippen LogP contribution in [0.4, 0.5) is 5.82 Å². The van der Waals surface area contributed by atoms with Crippen LogP contribution in [0.2, 0.25) is 0 Å². The third-order valence-corrected chi connectivity index (χ3v) is 7.53. The Hall–Kier alpha value is -2.45. The van der Waals surface area contributed by atoms with Crippen LogP contribution in [0.1, 0.15) is 48.0 Å². The van der Waals surface area contributed by atoms with Crippen LogP contribution >= 0.6 is 0 Å². The highest BCUT2D eigenvalue weighted by molar-refractivity contribution is 7.89. The molecule has 30 heavy (non-hydrogen) atoms. The van der Waals surface area contributed by atoms with Gasteiger partial charge in [0.05, 0.1) is 4.90 Å². The van der Waals surface area contributed by atoms with Crippen LogP contribution < -0.4 is 10.2 Å². The number of benzene rings is 1. The Morgan fingerprint density at radius 3 is 2.27 bits per heavy atom. The molecule has 3 rings (SSSR count). The minimum Gasteiger partial charge on any atom is -0.363 e. The molecule has 0 aliphatic heterocycles. The lowest BCUT2D eigenvalue weighted by Gasteiger charge is -2.30. The Kier molecular flexibility index (Phi) is 7.10. The molecule has 0 unspecified atom stereocenters. The van der Waals surface area contributed by atoms with Crippen LogP contribution in [0.5, 0.6) is 0 Å². The van der Waals surface area contributed by atoms with Gasteiger partial charge in [0.15, 0.2) is 0 Å². The number of nitrogens with one attached hydrogen (secondary N) is 1. The number of amides is 1. The molecule has 0 bridgehead atoms. The molecule has 0 spiro atoms. The molecule has 1 heterocycles. The zero-order valence-corrected chi connectivity index (χ0v) is 18.7. The standard InChI is InChI=1S/C22H30N4O3S/c1-25(2)21-14-9-17(15-23-21)16-24-22(27)18-10-12-20(13-11-18)30(28,29)26(3)19-7-5-4-6-8-19/h9-15,19H,4-8,16H2,1-3H3,(H,24,27). The fraction of sp³-hybridized carbons (Fsp3) is 0.455. The molecular weight excluding hydrogens is 400 g/mol. The van der Waals surface area contributed by atoms with Crippen molar-refractivity contribution in [2.24, 2.45) is 0 Å². The highest BCUT2D eigenvalue weighted by atomic mass is 32.2. The van der Waals surface area contributed by atoms with Gasteiger partial charge in [-0.3, -0.25) is 4.79 Å². The number of rotatable bonds is 7. The predicted molar refractivity (Wildman–Crippen MR) is 118 cm³/mol. The first-order valence-corrected chi connectivity index (χ1v) is 11.7. The molecule has 0 saturated heterocycles. The molecule has 1 aliphatic carbocycles. The van der Waals surface area contributed by atoms with E-state index < -0.39 is 10.0 Å². The first-order valence-electron chi connectivity index (χ1n) is 10.3. The summed E-state index contributed by atoms with van der Waals surface area (Å²) in [6, 6.07) is 10.0. The van der Waals surface area contributed by atoms with Crippen molar-refractivity contribution >= 4 is 21.7 Å². The van der Waals surface area contributed by atoms with Crippen molar-refractivity contribution in [2.75, 3.05) is 26.0 Å². The molecule has 1 fully saturated rings. The van der Waals surface area contributed by atoms with Gasteiger partial charge in [0.1, 0.15) is 5.82 Å². The van der Waals surface area contributed by atoms with Crippen molar-refractivity contribution in [3.05, 3.63) is 53.7 Å². The van der Waals surface area contributed by atoms with Gasteiger partial charge < -0.3 is 10.2 Å². The SMILES string of the molecule is CN(C)c1ccc(CNC(=O)c2ccc(S(=O)(=O)N(C)C3CCCCC3)cc2)cn1. The molecule has 1 aromatic carbocycles. The molecule has 0 atom stereocenters. The van der Waals surface area contributed by atoms with Gasteiger partial charge in [0.2, 0.25) is 10.0 Å². The molecule has 0 radical (unpaired) electrons. The van der Waals surface area contributed by atoms with Crippen molar-refractivity contribution in [1.82, 2.24) is 14.6 Å². The molecule has 8 heteroatoms. The van der Waals surface area contributed by atoms with E-state index in [9.17, 15) is 13.2 Å². The summed E-state index contributed by atoms with van der Waals surface area (Å²) >= 11 is 0. The summed E-state index contributed by atoms with van der Waals surface area (Å²) in [5.41, 5.74) is 1.31. The number of nitrogens with zero attached hydrogens (tertiary/aromatic N) is 3. The van der Waals surface area contributed by atoms with Gasteiger partial charge in [-0.15, -0.1) is 0 Å². The maximum absolute atomic E-state index is 12.9. The van der Waals surface area contributed by atoms with Crippen LogP contribution in [0, 0.1) is 0 Å². The average Bonchev–Trinajstić information content (AvgIpc) is 2.77. The first-order chi connectivity index (χ1) is 14.3. The summed E-state index contributed by atoms with van der Waals surface area (Å²) in [4.78, 5) is 18.9. The smallest absolute Gasteiger partial charge is 0.251 e. The van der Waals surface area contributed by atoms with E-state index in [0.717, 1.165) is 37.1 Å². The Morgan fingerprint density at radius 2 is 1.70 bits per heavy atom. The summed E-state index contributed by atoms with van der Waals surface area (Å²) in [5.74, 6) is 0.594. The highest BCUT2D eigenvalue weighted by Crippen LogP contribution is 2.26. The molecular formula is C22H30N4O3S. The molecule has 1 aromatic heterocycles. The Morgan fingerprint density at radius 1 is 1.03 bits per heavy atom. The summed E-state index contributed by atoms with van der Waals surface area (Å²) in [6.07, 6.45) is 6.84. The average molecular weight is 431 g/mol. The second-order valence-electron chi connectivity index (χ2n) is 7.94. The molecule has 2 aromatic rings. The lowest BCUT2D eigenvalue weighted by molar-refractivity contribution is 0.0950. The van der Waals surface area contributed by atoms with E-state index in [1.165, 1.54) is 22.9 Å². The summed E-state index contributed by atoms with van der Waals surface area (Å²) < 4.78 is 27.3. The molecule has 1 saturated carbocycles. The number of aromatic nitrogens is 1. The van der Waals surface area contributed by atoms with Crippen molar-refractivity contribution < 1.29 is 13.2 Å². The van der Waals surface area contributed by atoms with Crippen LogP contribution in [0.25, 0.3) is 0 Å². The van der Waals surface area contributed by atoms with Crippen molar-refractivity contribution in [3.8, 4) is 0 Å². The fourth-order valence-electron chi connectivity index (χ4n) is 3.66. The second-order valence-corrected chi connectivity index (χ2v) is 9.94. The molecule has 162 valence electrons. The van der Waals surface area contributed by atoms with E-state index in [0.29, 0.717) is 12.1 Å². The third kappa shape index (κ3) is 5.17. The van der Waals surface area contributed by atoms with Crippen LogP contribution in [-0.4, -0.2) is 50.8 Å². The van der Waals surface area contributed by atoms with E-state index in [1.54, 1.807) is 25.4 Å². The zero-order valence-electron chi connectivity index (χ0n) is 17.8. The normalized spacial score (nSPS) is 15.2. The summed E-state index contributed by atoms with van der Waals surface area (Å²) in [5, 5.41) is 2.84. The van der Waals surface area contributed by atoms with E-state index in [-0.39, 0.29) is 16.8 Å². The van der Waals surface area contributed by atoms with Gasteiger partial charge in [-0.25, -0.2) is 13.4 Å². The number of carbonyl (C=O) groups excluding carboxylic acids is 1. The number of carbonyl (C=O) groups is 1. The highest BCUT2D eigenvalue weighted by Gasteiger charge is 2.29. The van der Waals surface area contributed by atoms with Crippen molar-refractivity contribution in [3.63, 3.8) is 0 Å². The van der Waals surface area contributed by atoms with E-state index >= 15 is 0 Å². The third-order valence-electron chi connectivity index (χ3n) is 5.60. The number of sulfonamides is 1. The van der Waals surface area contributed by atoms with Gasteiger partial charge in [-0.2, -0.15) is 4.31 Å². The maximum Gasteiger partial charge on any atom is 0.251 e. The van der Waals surface area contributed by atoms with Crippen LogP contribution in [0.15, 0.2) is 47.5 Å². The first kappa shape index (κ1) is 22.2. The summed E-state index contributed by atoms with van der Waals surface area (Å²) in [7, 11) is 1.93. The summed E-state index contributed by atoms with van der Waals surface area (Å²) in [6.45, 7) is 0.351. The largest absolute Gasteiger partial charge is 0.363 e. The van der Waals surface area contributed by atoms with Crippen LogP contribution in [0.3, 0.4) is 0 Å². The fourth-order valence-corrected chi connectivity index (χ4v) is 5.07. The Bertz CT molecular complexity index is 951. The van der Waals surface area contributed by atoms with Gasteiger partial charge >= 0.3 is 0 Å². The van der Waals surface area contributed by atoms with E-state index in [2.05, 4.69) is 10.3 Å². The predicted octanol–water partition coefficient (Wildman–Crippen LogP) is 3.03. The Balaban J connectivity index is 1.62. The van der Waals surface area contributed by atoms with Gasteiger partial charge in [0.25, 0.3) is 5.91 Å². The minimum atomic E-state index is -3.56. The number of hydrogen-bond donors (Lipinski definition) is 1. The monoisotopic (exact) mass is 430 g/mol. The van der Waals surface area contributed by atoms with Crippen molar-refractivity contribution in [1.29, 1.82) is 0 Å². The number of hydrogen-bond acceptors (Lipinski definition) is 5.